The lowest BCUT2D eigenvalue weighted by Crippen LogP contribution is -2.46. The van der Waals surface area contributed by atoms with Crippen molar-refractivity contribution in [2.45, 2.75) is 45.6 Å². The van der Waals surface area contributed by atoms with Gasteiger partial charge in [0.25, 0.3) is 5.91 Å². The van der Waals surface area contributed by atoms with Gasteiger partial charge in [0.05, 0.1) is 19.6 Å². The van der Waals surface area contributed by atoms with E-state index in [2.05, 4.69) is 5.32 Å². The van der Waals surface area contributed by atoms with E-state index in [1.165, 1.54) is 0 Å². The topological polar surface area (TPSA) is 84.9 Å². The molecule has 1 saturated heterocycles. The molecule has 0 bridgehead atoms. The minimum absolute atomic E-state index is 0.00913. The summed E-state index contributed by atoms with van der Waals surface area (Å²) in [4.78, 5) is 37.6. The number of amides is 2. The fraction of sp³-hybridized carbons (Fsp3) is 0.550. The number of carbonyl (C=O) groups excluding carboxylic acids is 3. The largest absolute Gasteiger partial charge is 0.494 e. The van der Waals surface area contributed by atoms with E-state index in [0.717, 1.165) is 5.75 Å². The minimum atomic E-state index is -0.358. The molecule has 7 nitrogen and oxygen atoms in total. The summed E-state index contributed by atoms with van der Waals surface area (Å²) in [5.41, 5.74) is 0.635. The zero-order chi connectivity index (χ0) is 19.6. The summed E-state index contributed by atoms with van der Waals surface area (Å²) in [6.07, 6.45) is 1.63. The number of nitrogens with zero attached hydrogens (tertiary/aromatic N) is 1. The fourth-order valence-corrected chi connectivity index (χ4v) is 3.02. The van der Waals surface area contributed by atoms with Crippen molar-refractivity contribution in [2.24, 2.45) is 0 Å². The average molecular weight is 376 g/mol. The van der Waals surface area contributed by atoms with Crippen molar-refractivity contribution in [3.05, 3.63) is 29.8 Å². The maximum atomic E-state index is 12.6. The van der Waals surface area contributed by atoms with E-state index in [-0.39, 0.29) is 36.7 Å². The highest BCUT2D eigenvalue weighted by Gasteiger charge is 2.24. The van der Waals surface area contributed by atoms with Crippen LogP contribution >= 0.6 is 0 Å². The van der Waals surface area contributed by atoms with Crippen LogP contribution in [0.15, 0.2) is 24.3 Å². The molecule has 0 aliphatic carbocycles. The minimum Gasteiger partial charge on any atom is -0.494 e. The summed E-state index contributed by atoms with van der Waals surface area (Å²) in [5, 5.41) is 2.94. The highest BCUT2D eigenvalue weighted by atomic mass is 16.5. The van der Waals surface area contributed by atoms with Crippen molar-refractivity contribution in [3.63, 3.8) is 0 Å². The van der Waals surface area contributed by atoms with Gasteiger partial charge in [0.1, 0.15) is 5.75 Å². The summed E-state index contributed by atoms with van der Waals surface area (Å²) in [5.74, 6) is 0.228. The number of ether oxygens (including phenoxy) is 2. The van der Waals surface area contributed by atoms with Gasteiger partial charge in [0.2, 0.25) is 5.91 Å². The second kappa shape index (κ2) is 10.5. The molecule has 0 aromatic heterocycles. The molecule has 2 rings (SSSR count). The van der Waals surface area contributed by atoms with Crippen molar-refractivity contribution in [3.8, 4) is 5.75 Å². The van der Waals surface area contributed by atoms with Crippen LogP contribution in [-0.4, -0.2) is 55.0 Å². The molecule has 27 heavy (non-hydrogen) atoms. The molecule has 1 aliphatic heterocycles. The number of carbonyl (C=O) groups is 3. The van der Waals surface area contributed by atoms with E-state index in [1.54, 1.807) is 36.1 Å². The molecule has 2 amide bonds. The third-order valence-corrected chi connectivity index (χ3v) is 4.42. The van der Waals surface area contributed by atoms with E-state index in [0.29, 0.717) is 44.7 Å². The molecule has 1 fully saturated rings. The highest BCUT2D eigenvalue weighted by Crippen LogP contribution is 2.17. The zero-order valence-electron chi connectivity index (χ0n) is 16.0. The number of hydrogen-bond donors (Lipinski definition) is 1. The van der Waals surface area contributed by atoms with Crippen LogP contribution < -0.4 is 10.1 Å². The lowest BCUT2D eigenvalue weighted by atomic mass is 10.0. The number of benzene rings is 1. The van der Waals surface area contributed by atoms with Crippen LogP contribution in [0.25, 0.3) is 0 Å². The average Bonchev–Trinajstić information content (AvgIpc) is 2.68. The van der Waals surface area contributed by atoms with E-state index >= 15 is 0 Å². The van der Waals surface area contributed by atoms with Crippen LogP contribution in [-0.2, 0) is 14.3 Å². The number of esters is 1. The fourth-order valence-electron chi connectivity index (χ4n) is 3.02. The molecular weight excluding hydrogens is 348 g/mol. The first-order valence-electron chi connectivity index (χ1n) is 9.50. The first-order chi connectivity index (χ1) is 13.0. The van der Waals surface area contributed by atoms with Crippen LogP contribution in [0.4, 0.5) is 0 Å². The Hall–Kier alpha value is -2.57. The Morgan fingerprint density at radius 3 is 2.30 bits per heavy atom. The third-order valence-electron chi connectivity index (χ3n) is 4.42. The number of hydrogen-bond acceptors (Lipinski definition) is 5. The maximum Gasteiger partial charge on any atom is 0.306 e. The van der Waals surface area contributed by atoms with Gasteiger partial charge in [-0.15, -0.1) is 0 Å². The Morgan fingerprint density at radius 1 is 1.04 bits per heavy atom. The van der Waals surface area contributed by atoms with Crippen molar-refractivity contribution < 1.29 is 23.9 Å². The Labute approximate surface area is 160 Å². The second-order valence-electron chi connectivity index (χ2n) is 6.40. The van der Waals surface area contributed by atoms with Crippen LogP contribution in [0.1, 0.15) is 49.9 Å². The maximum absolute atomic E-state index is 12.6. The van der Waals surface area contributed by atoms with Crippen LogP contribution in [0.2, 0.25) is 0 Å². The lowest BCUT2D eigenvalue weighted by molar-refractivity contribution is -0.144. The standard InChI is InChI=1S/C20H28N2O5/c1-3-26-17-7-5-15(6-8-17)20(25)22-13-11-16(12-14-22)21-18(23)9-10-19(24)27-4-2/h5-8,16H,3-4,9-14H2,1-2H3,(H,21,23). The number of piperidine rings is 1. The molecule has 0 saturated carbocycles. The molecule has 1 aliphatic rings. The number of likely N-dealkylation sites (tertiary alicyclic amines) is 1. The number of nitrogens with one attached hydrogen (secondary N) is 1. The smallest absolute Gasteiger partial charge is 0.306 e. The molecule has 1 aromatic carbocycles. The van der Waals surface area contributed by atoms with Crippen molar-refractivity contribution in [1.29, 1.82) is 0 Å². The Balaban J connectivity index is 1.75. The van der Waals surface area contributed by atoms with Crippen LogP contribution in [0.5, 0.6) is 5.75 Å². The predicted molar refractivity (Wildman–Crippen MR) is 101 cm³/mol. The molecule has 0 spiro atoms. The van der Waals surface area contributed by atoms with Gasteiger partial charge in [-0.25, -0.2) is 0 Å². The van der Waals surface area contributed by atoms with Crippen molar-refractivity contribution in [2.75, 3.05) is 26.3 Å². The first-order valence-corrected chi connectivity index (χ1v) is 9.50. The molecule has 148 valence electrons. The number of rotatable bonds is 8. The lowest BCUT2D eigenvalue weighted by Gasteiger charge is -2.32. The first kappa shape index (κ1) is 20.7. The summed E-state index contributed by atoms with van der Waals surface area (Å²) in [6.45, 7) is 5.75. The Morgan fingerprint density at radius 2 is 1.70 bits per heavy atom. The van der Waals surface area contributed by atoms with E-state index in [1.807, 2.05) is 6.92 Å². The predicted octanol–water partition coefficient (Wildman–Crippen LogP) is 2.15. The monoisotopic (exact) mass is 376 g/mol. The third kappa shape index (κ3) is 6.58. The quantitative estimate of drug-likeness (QED) is 0.703. The second-order valence-corrected chi connectivity index (χ2v) is 6.40. The van der Waals surface area contributed by atoms with Gasteiger partial charge in [0, 0.05) is 31.1 Å². The summed E-state index contributed by atoms with van der Waals surface area (Å²) in [6, 6.07) is 7.18. The Bertz CT molecular complexity index is 636. The molecule has 7 heteroatoms. The van der Waals surface area contributed by atoms with Gasteiger partial charge in [-0.05, 0) is 51.0 Å². The summed E-state index contributed by atoms with van der Waals surface area (Å²) >= 11 is 0. The normalized spacial score (nSPS) is 14.5. The molecule has 1 heterocycles. The molecular formula is C20H28N2O5. The van der Waals surface area contributed by atoms with E-state index in [9.17, 15) is 14.4 Å². The van der Waals surface area contributed by atoms with Crippen molar-refractivity contribution >= 4 is 17.8 Å². The molecule has 1 N–H and O–H groups in total. The van der Waals surface area contributed by atoms with Gasteiger partial charge in [-0.1, -0.05) is 0 Å². The van der Waals surface area contributed by atoms with E-state index in [4.69, 9.17) is 9.47 Å². The SMILES string of the molecule is CCOC(=O)CCC(=O)NC1CCN(C(=O)c2ccc(OCC)cc2)CC1. The highest BCUT2D eigenvalue weighted by molar-refractivity contribution is 5.94. The summed E-state index contributed by atoms with van der Waals surface area (Å²) in [7, 11) is 0. The molecule has 0 atom stereocenters. The van der Waals surface area contributed by atoms with E-state index < -0.39 is 0 Å². The molecule has 1 aromatic rings. The van der Waals surface area contributed by atoms with Gasteiger partial charge >= 0.3 is 5.97 Å². The van der Waals surface area contributed by atoms with Gasteiger partial charge in [-0.2, -0.15) is 0 Å². The van der Waals surface area contributed by atoms with Gasteiger partial charge in [0.15, 0.2) is 0 Å². The van der Waals surface area contributed by atoms with Gasteiger partial charge < -0.3 is 19.7 Å². The van der Waals surface area contributed by atoms with Gasteiger partial charge in [-0.3, -0.25) is 14.4 Å². The Kier molecular flexibility index (Phi) is 8.10. The molecule has 0 radical (unpaired) electrons. The van der Waals surface area contributed by atoms with Crippen molar-refractivity contribution in [1.82, 2.24) is 10.2 Å². The zero-order valence-corrected chi connectivity index (χ0v) is 16.0. The van der Waals surface area contributed by atoms with Crippen LogP contribution in [0, 0.1) is 0 Å². The summed E-state index contributed by atoms with van der Waals surface area (Å²) < 4.78 is 10.2. The van der Waals surface area contributed by atoms with Crippen LogP contribution in [0.3, 0.4) is 0 Å². The molecule has 0 unspecified atom stereocenters.